The summed E-state index contributed by atoms with van der Waals surface area (Å²) in [5, 5.41) is 0. The van der Waals surface area contributed by atoms with Gasteiger partial charge in [0.15, 0.2) is 5.83 Å². The molecule has 246 valence electrons. The minimum Gasteiger partial charge on any atom is -0.461 e. The monoisotopic (exact) mass is 644 g/mol. The van der Waals surface area contributed by atoms with Crippen molar-refractivity contribution < 1.29 is 31.8 Å². The summed E-state index contributed by atoms with van der Waals surface area (Å²) in [7, 11) is 0. The van der Waals surface area contributed by atoms with Gasteiger partial charge in [0.05, 0.1) is 29.1 Å². The number of halogens is 4. The van der Waals surface area contributed by atoms with Gasteiger partial charge in [-0.25, -0.2) is 15.9 Å². The summed E-state index contributed by atoms with van der Waals surface area (Å²) in [6.45, 7) is 14.6. The highest BCUT2D eigenvalue weighted by molar-refractivity contribution is 5.91. The second-order valence-electron chi connectivity index (χ2n) is 12.4. The number of hydrogen-bond donors (Lipinski definition) is 1. The van der Waals surface area contributed by atoms with Gasteiger partial charge in [0, 0.05) is 31.6 Å². The van der Waals surface area contributed by atoms with E-state index in [0.717, 1.165) is 38.8 Å². The Labute approximate surface area is 264 Å². The summed E-state index contributed by atoms with van der Waals surface area (Å²) in [6.07, 6.45) is -1.66. The van der Waals surface area contributed by atoms with Crippen LogP contribution in [0.3, 0.4) is 0 Å². The molecule has 0 radical (unpaired) electrons. The minimum absolute atomic E-state index is 0.0386. The van der Waals surface area contributed by atoms with E-state index in [2.05, 4.69) is 21.3 Å². The zero-order valence-corrected chi connectivity index (χ0v) is 25.6. The maximum atomic E-state index is 14.2. The molecule has 2 N–H and O–H groups in total. The molecule has 15 heteroatoms. The number of nitrogens with zero attached hydrogens (tertiary/aromatic N) is 7. The molecule has 0 saturated carbocycles. The summed E-state index contributed by atoms with van der Waals surface area (Å²) in [4.78, 5) is 35.1. The first-order valence-electron chi connectivity index (χ1n) is 15.4. The lowest BCUT2D eigenvalue weighted by Gasteiger charge is -2.40. The lowest BCUT2D eigenvalue weighted by Crippen LogP contribution is -2.57. The van der Waals surface area contributed by atoms with E-state index < -0.39 is 35.6 Å². The summed E-state index contributed by atoms with van der Waals surface area (Å²) < 4.78 is 68.7. The highest BCUT2D eigenvalue weighted by Gasteiger charge is 2.46. The van der Waals surface area contributed by atoms with Crippen molar-refractivity contribution in [1.29, 1.82) is 0 Å². The standard InChI is InChI=1S/C31H36F4N8O3/c1-18-12-24(36)39-26(25(18)31(33,34)35)23-13-22-21(16-45-23)27(41-10-11-43(28(44)19(2)32)20(15-41)14-37-3)40-29(38-22)46-17-30-6-4-8-42(30)9-5-7-30/h12,20,23H,2,4-11,13-17H2,1H3,(H2,36,39)/t20-,23?/m1/s1. The van der Waals surface area contributed by atoms with E-state index in [9.17, 15) is 22.4 Å². The van der Waals surface area contributed by atoms with E-state index in [4.69, 9.17) is 31.7 Å². The van der Waals surface area contributed by atoms with Gasteiger partial charge in [0.25, 0.3) is 5.91 Å². The predicted molar refractivity (Wildman–Crippen MR) is 159 cm³/mol. The zero-order chi connectivity index (χ0) is 32.8. The molecule has 11 nitrogen and oxygen atoms in total. The van der Waals surface area contributed by atoms with Gasteiger partial charge in [-0.2, -0.15) is 23.1 Å². The van der Waals surface area contributed by atoms with E-state index in [1.807, 2.05) is 4.90 Å². The Kier molecular flexibility index (Phi) is 8.53. The minimum atomic E-state index is -4.68. The van der Waals surface area contributed by atoms with Crippen molar-refractivity contribution in [1.82, 2.24) is 24.8 Å². The highest BCUT2D eigenvalue weighted by Crippen LogP contribution is 2.43. The molecular formula is C31H36F4N8O3. The van der Waals surface area contributed by atoms with Crippen LogP contribution in [0, 0.1) is 13.5 Å². The molecule has 2 aromatic heterocycles. The van der Waals surface area contributed by atoms with Crippen molar-refractivity contribution in [3.63, 3.8) is 0 Å². The number of nitrogen functional groups attached to an aromatic ring is 1. The van der Waals surface area contributed by atoms with E-state index >= 15 is 0 Å². The number of anilines is 2. The third-order valence-corrected chi connectivity index (χ3v) is 9.57. The summed E-state index contributed by atoms with van der Waals surface area (Å²) >= 11 is 0. The van der Waals surface area contributed by atoms with Gasteiger partial charge in [-0.05, 0) is 57.3 Å². The largest absolute Gasteiger partial charge is 0.461 e. The fraction of sp³-hybridized carbons (Fsp3) is 0.581. The fourth-order valence-corrected chi connectivity index (χ4v) is 7.45. The normalized spacial score (nSPS) is 22.7. The maximum Gasteiger partial charge on any atom is 0.418 e. The van der Waals surface area contributed by atoms with E-state index in [1.54, 1.807) is 0 Å². The van der Waals surface area contributed by atoms with Gasteiger partial charge < -0.3 is 29.9 Å². The van der Waals surface area contributed by atoms with Crippen LogP contribution in [-0.2, 0) is 28.7 Å². The van der Waals surface area contributed by atoms with E-state index in [-0.39, 0.29) is 67.8 Å². The number of fused-ring (bicyclic) bond motifs is 2. The van der Waals surface area contributed by atoms with Crippen molar-refractivity contribution in [2.24, 2.45) is 0 Å². The lowest BCUT2D eigenvalue weighted by atomic mass is 9.95. The third-order valence-electron chi connectivity index (χ3n) is 9.57. The summed E-state index contributed by atoms with van der Waals surface area (Å²) in [5.41, 5.74) is 5.55. The molecule has 46 heavy (non-hydrogen) atoms. The number of ether oxygens (including phenoxy) is 2. The molecule has 6 heterocycles. The Morgan fingerprint density at radius 1 is 1.22 bits per heavy atom. The van der Waals surface area contributed by atoms with Gasteiger partial charge in [-0.15, -0.1) is 0 Å². The molecule has 2 atom stereocenters. The number of alkyl halides is 3. The first kappa shape index (κ1) is 31.9. The van der Waals surface area contributed by atoms with Crippen LogP contribution >= 0.6 is 0 Å². The van der Waals surface area contributed by atoms with E-state index in [1.165, 1.54) is 17.9 Å². The molecule has 3 fully saturated rings. The molecule has 4 aliphatic rings. The molecular weight excluding hydrogens is 608 g/mol. The van der Waals surface area contributed by atoms with Crippen LogP contribution < -0.4 is 15.4 Å². The molecule has 1 amide bonds. The van der Waals surface area contributed by atoms with Crippen molar-refractivity contribution in [3.05, 3.63) is 58.0 Å². The van der Waals surface area contributed by atoms with Gasteiger partial charge in [-0.3, -0.25) is 9.69 Å². The summed E-state index contributed by atoms with van der Waals surface area (Å²) in [5.74, 6) is -1.57. The van der Waals surface area contributed by atoms with Crippen molar-refractivity contribution in [3.8, 4) is 6.01 Å². The lowest BCUT2D eigenvalue weighted by molar-refractivity contribution is -0.140. The molecule has 0 bridgehead atoms. The van der Waals surface area contributed by atoms with Crippen molar-refractivity contribution in [2.75, 3.05) is 56.5 Å². The number of nitrogens with two attached hydrogens (primary N) is 1. The van der Waals surface area contributed by atoms with Crippen LogP contribution in [0.2, 0.25) is 0 Å². The maximum absolute atomic E-state index is 14.2. The zero-order valence-electron chi connectivity index (χ0n) is 25.6. The molecule has 2 aromatic rings. The van der Waals surface area contributed by atoms with E-state index in [0.29, 0.717) is 23.7 Å². The van der Waals surface area contributed by atoms with Crippen LogP contribution in [0.5, 0.6) is 6.01 Å². The number of pyridine rings is 1. The number of hydrogen-bond acceptors (Lipinski definition) is 9. The fourth-order valence-electron chi connectivity index (χ4n) is 7.45. The molecule has 0 aromatic carbocycles. The Morgan fingerprint density at radius 3 is 2.63 bits per heavy atom. The first-order chi connectivity index (χ1) is 21.9. The molecule has 4 aliphatic heterocycles. The van der Waals surface area contributed by atoms with Gasteiger partial charge in [0.2, 0.25) is 6.54 Å². The average molecular weight is 645 g/mol. The van der Waals surface area contributed by atoms with Gasteiger partial charge >= 0.3 is 12.2 Å². The Balaban J connectivity index is 1.36. The number of aromatic nitrogens is 3. The Hall–Kier alpha value is -4.03. The number of aryl methyl sites for hydroxylation is 1. The van der Waals surface area contributed by atoms with Crippen LogP contribution in [-0.4, -0.2) is 88.1 Å². The number of piperazine rings is 1. The first-order valence-corrected chi connectivity index (χ1v) is 15.4. The number of rotatable bonds is 7. The molecule has 6 rings (SSSR count). The second-order valence-corrected chi connectivity index (χ2v) is 12.4. The molecule has 1 unspecified atom stereocenters. The number of carbonyl (C=O) groups is 1. The molecule has 3 saturated heterocycles. The Bertz CT molecular complexity index is 1570. The third kappa shape index (κ3) is 5.95. The number of amides is 1. The SMILES string of the molecule is [C-]#[N+]C[C@@H]1CN(c2nc(OCC34CCCN3CCC4)nc3c2COC(c2nc(N)cc(C)c2C(F)(F)F)C3)CCN1C(=O)C(=C)F. The van der Waals surface area contributed by atoms with Crippen LogP contribution in [0.4, 0.5) is 29.2 Å². The average Bonchev–Trinajstić information content (AvgIpc) is 3.59. The quantitative estimate of drug-likeness (QED) is 0.271. The number of carbonyl (C=O) groups excluding carboxylic acids is 1. The Morgan fingerprint density at radius 2 is 1.96 bits per heavy atom. The molecule has 0 aliphatic carbocycles. The smallest absolute Gasteiger partial charge is 0.418 e. The molecule has 0 spiro atoms. The van der Waals surface area contributed by atoms with Crippen molar-refractivity contribution in [2.45, 2.75) is 69.5 Å². The summed E-state index contributed by atoms with van der Waals surface area (Å²) in [6, 6.07) is 0.635. The van der Waals surface area contributed by atoms with Crippen LogP contribution in [0.15, 0.2) is 18.5 Å². The highest BCUT2D eigenvalue weighted by atomic mass is 19.4. The van der Waals surface area contributed by atoms with Gasteiger partial charge in [0.1, 0.15) is 30.4 Å². The topological polar surface area (TPSA) is 114 Å². The predicted octanol–water partition coefficient (Wildman–Crippen LogP) is 4.02. The van der Waals surface area contributed by atoms with Crippen molar-refractivity contribution >= 4 is 17.5 Å². The van der Waals surface area contributed by atoms with Crippen LogP contribution in [0.25, 0.3) is 4.85 Å². The second kappa shape index (κ2) is 12.3. The van der Waals surface area contributed by atoms with Crippen LogP contribution in [0.1, 0.15) is 59.9 Å². The van der Waals surface area contributed by atoms with Gasteiger partial charge in [-0.1, -0.05) is 6.58 Å².